The van der Waals surface area contributed by atoms with Crippen LogP contribution in [0.1, 0.15) is 29.0 Å². The monoisotopic (exact) mass is 304 g/mol. The van der Waals surface area contributed by atoms with Gasteiger partial charge in [0.2, 0.25) is 5.91 Å². The Kier molecular flexibility index (Phi) is 3.72. The van der Waals surface area contributed by atoms with Crippen molar-refractivity contribution in [2.45, 2.75) is 33.1 Å². The van der Waals surface area contributed by atoms with Crippen molar-refractivity contribution in [1.29, 1.82) is 0 Å². The smallest absolute Gasteiger partial charge is 0.231 e. The molecule has 0 atom stereocenters. The van der Waals surface area contributed by atoms with Crippen molar-refractivity contribution in [3.8, 4) is 0 Å². The zero-order valence-electron chi connectivity index (χ0n) is 12.1. The van der Waals surface area contributed by atoms with Crippen LogP contribution in [-0.2, 0) is 17.6 Å². The minimum absolute atomic E-state index is 0.0402. The lowest BCUT2D eigenvalue weighted by Gasteiger charge is -2.30. The van der Waals surface area contributed by atoms with Crippen LogP contribution in [0, 0.1) is 13.8 Å². The third kappa shape index (κ3) is 2.56. The molecule has 5 heteroatoms. The topological polar surface area (TPSA) is 46.3 Å². The van der Waals surface area contributed by atoms with E-state index in [1.54, 1.807) is 4.90 Å². The SMILES string of the molecule is Cc1noc(C)c1CC(=O)N1CCCc2cccc(Cl)c21. The molecule has 0 N–H and O–H groups in total. The average molecular weight is 305 g/mol. The van der Waals surface area contributed by atoms with E-state index in [2.05, 4.69) is 5.16 Å². The zero-order valence-corrected chi connectivity index (χ0v) is 12.9. The number of carbonyl (C=O) groups excluding carboxylic acids is 1. The Morgan fingerprint density at radius 1 is 1.43 bits per heavy atom. The number of hydrogen-bond acceptors (Lipinski definition) is 3. The molecule has 1 aliphatic heterocycles. The van der Waals surface area contributed by atoms with Crippen molar-refractivity contribution < 1.29 is 9.32 Å². The van der Waals surface area contributed by atoms with Crippen molar-refractivity contribution in [3.63, 3.8) is 0 Å². The second-order valence-corrected chi connectivity index (χ2v) is 5.78. The molecular weight excluding hydrogens is 288 g/mol. The van der Waals surface area contributed by atoms with Gasteiger partial charge < -0.3 is 9.42 Å². The summed E-state index contributed by atoms with van der Waals surface area (Å²) in [6.07, 6.45) is 2.22. The molecular formula is C16H17ClN2O2. The number of hydrogen-bond donors (Lipinski definition) is 0. The first kappa shape index (κ1) is 14.1. The molecule has 0 aliphatic carbocycles. The van der Waals surface area contributed by atoms with Crippen LogP contribution in [0.5, 0.6) is 0 Å². The number of nitrogens with zero attached hydrogens (tertiary/aromatic N) is 2. The predicted octanol–water partition coefficient (Wildman–Crippen LogP) is 3.47. The summed E-state index contributed by atoms with van der Waals surface area (Å²) < 4.78 is 5.13. The van der Waals surface area contributed by atoms with E-state index < -0.39 is 0 Å². The number of fused-ring (bicyclic) bond motifs is 1. The molecule has 1 aliphatic rings. The summed E-state index contributed by atoms with van der Waals surface area (Å²) in [5.74, 6) is 0.746. The van der Waals surface area contributed by atoms with Crippen LogP contribution in [0.25, 0.3) is 0 Å². The Hall–Kier alpha value is -1.81. The fraction of sp³-hybridized carbons (Fsp3) is 0.375. The minimum atomic E-state index is 0.0402. The summed E-state index contributed by atoms with van der Waals surface area (Å²) in [6, 6.07) is 5.81. The number of amides is 1. The Bertz CT molecular complexity index is 674. The lowest BCUT2D eigenvalue weighted by atomic mass is 10.0. The molecule has 1 aromatic heterocycles. The molecule has 4 nitrogen and oxygen atoms in total. The summed E-state index contributed by atoms with van der Waals surface area (Å²) in [6.45, 7) is 4.40. The van der Waals surface area contributed by atoms with Gasteiger partial charge in [-0.1, -0.05) is 28.9 Å². The highest BCUT2D eigenvalue weighted by Crippen LogP contribution is 2.34. The molecule has 0 radical (unpaired) electrons. The average Bonchev–Trinajstić information content (AvgIpc) is 2.79. The van der Waals surface area contributed by atoms with Gasteiger partial charge in [0.25, 0.3) is 0 Å². The van der Waals surface area contributed by atoms with Gasteiger partial charge in [0.15, 0.2) is 0 Å². The minimum Gasteiger partial charge on any atom is -0.361 e. The quantitative estimate of drug-likeness (QED) is 0.853. The molecule has 3 rings (SSSR count). The maximum Gasteiger partial charge on any atom is 0.231 e. The fourth-order valence-corrected chi connectivity index (χ4v) is 3.15. The Morgan fingerprint density at radius 2 is 2.24 bits per heavy atom. The molecule has 110 valence electrons. The van der Waals surface area contributed by atoms with Gasteiger partial charge in [-0.2, -0.15) is 0 Å². The van der Waals surface area contributed by atoms with E-state index >= 15 is 0 Å². The first-order valence-electron chi connectivity index (χ1n) is 7.07. The number of benzene rings is 1. The van der Waals surface area contributed by atoms with Gasteiger partial charge in [0.1, 0.15) is 5.76 Å². The number of aryl methyl sites for hydroxylation is 3. The standard InChI is InChI=1S/C16H17ClN2O2/c1-10-13(11(2)21-18-10)9-15(20)19-8-4-6-12-5-3-7-14(17)16(12)19/h3,5,7H,4,6,8-9H2,1-2H3. The van der Waals surface area contributed by atoms with Crippen LogP contribution in [0.2, 0.25) is 5.02 Å². The summed E-state index contributed by atoms with van der Waals surface area (Å²) in [5.41, 5.74) is 3.65. The number of carbonyl (C=O) groups is 1. The van der Waals surface area contributed by atoms with Crippen LogP contribution < -0.4 is 4.90 Å². The highest BCUT2D eigenvalue weighted by molar-refractivity contribution is 6.34. The Morgan fingerprint density at radius 3 is 2.95 bits per heavy atom. The van der Waals surface area contributed by atoms with Gasteiger partial charge in [-0.25, -0.2) is 0 Å². The molecule has 0 saturated heterocycles. The zero-order chi connectivity index (χ0) is 15.0. The third-order valence-corrected chi connectivity index (χ3v) is 4.28. The van der Waals surface area contributed by atoms with E-state index in [-0.39, 0.29) is 5.91 Å². The molecule has 0 saturated carbocycles. The van der Waals surface area contributed by atoms with Gasteiger partial charge in [0.05, 0.1) is 22.8 Å². The Balaban J connectivity index is 1.91. The summed E-state index contributed by atoms with van der Waals surface area (Å²) >= 11 is 6.30. The molecule has 2 heterocycles. The Labute approximate surface area is 128 Å². The van der Waals surface area contributed by atoms with Gasteiger partial charge in [-0.15, -0.1) is 0 Å². The van der Waals surface area contributed by atoms with Crippen LogP contribution in [0.15, 0.2) is 22.7 Å². The van der Waals surface area contributed by atoms with E-state index in [0.717, 1.165) is 35.3 Å². The van der Waals surface area contributed by atoms with E-state index in [4.69, 9.17) is 16.1 Å². The van der Waals surface area contributed by atoms with E-state index in [1.807, 2.05) is 32.0 Å². The number of halogens is 1. The van der Waals surface area contributed by atoms with Gasteiger partial charge >= 0.3 is 0 Å². The second-order valence-electron chi connectivity index (χ2n) is 5.38. The predicted molar refractivity (Wildman–Crippen MR) is 81.8 cm³/mol. The number of aromatic nitrogens is 1. The number of para-hydroxylation sites is 1. The van der Waals surface area contributed by atoms with E-state index in [9.17, 15) is 4.79 Å². The largest absolute Gasteiger partial charge is 0.361 e. The number of anilines is 1. The van der Waals surface area contributed by atoms with Gasteiger partial charge in [0, 0.05) is 12.1 Å². The molecule has 0 unspecified atom stereocenters. The molecule has 2 aromatic rings. The van der Waals surface area contributed by atoms with E-state index in [1.165, 1.54) is 0 Å². The normalized spacial score (nSPS) is 14.1. The summed E-state index contributed by atoms with van der Waals surface area (Å²) in [5, 5.41) is 4.54. The van der Waals surface area contributed by atoms with Crippen molar-refractivity contribution in [3.05, 3.63) is 45.8 Å². The van der Waals surface area contributed by atoms with Gasteiger partial charge in [-0.05, 0) is 38.3 Å². The van der Waals surface area contributed by atoms with Crippen LogP contribution in [0.4, 0.5) is 5.69 Å². The van der Waals surface area contributed by atoms with E-state index in [0.29, 0.717) is 23.7 Å². The lowest BCUT2D eigenvalue weighted by Crippen LogP contribution is -2.37. The summed E-state index contributed by atoms with van der Waals surface area (Å²) in [7, 11) is 0. The van der Waals surface area contributed by atoms with Crippen molar-refractivity contribution in [2.24, 2.45) is 0 Å². The summed E-state index contributed by atoms with van der Waals surface area (Å²) in [4.78, 5) is 14.5. The van der Waals surface area contributed by atoms with Crippen molar-refractivity contribution >= 4 is 23.2 Å². The molecule has 1 aromatic carbocycles. The first-order chi connectivity index (χ1) is 10.1. The number of rotatable bonds is 2. The third-order valence-electron chi connectivity index (χ3n) is 3.98. The van der Waals surface area contributed by atoms with Gasteiger partial charge in [-0.3, -0.25) is 4.79 Å². The maximum atomic E-state index is 12.7. The molecule has 0 spiro atoms. The second kappa shape index (κ2) is 5.53. The molecule has 21 heavy (non-hydrogen) atoms. The molecule has 1 amide bonds. The van der Waals surface area contributed by atoms with Crippen molar-refractivity contribution in [2.75, 3.05) is 11.4 Å². The van der Waals surface area contributed by atoms with Crippen LogP contribution in [0.3, 0.4) is 0 Å². The van der Waals surface area contributed by atoms with Crippen LogP contribution >= 0.6 is 11.6 Å². The highest BCUT2D eigenvalue weighted by atomic mass is 35.5. The highest BCUT2D eigenvalue weighted by Gasteiger charge is 2.26. The fourth-order valence-electron chi connectivity index (χ4n) is 2.85. The lowest BCUT2D eigenvalue weighted by molar-refractivity contribution is -0.118. The first-order valence-corrected chi connectivity index (χ1v) is 7.45. The molecule has 0 bridgehead atoms. The molecule has 0 fully saturated rings. The maximum absolute atomic E-state index is 12.7. The van der Waals surface area contributed by atoms with Crippen LogP contribution in [-0.4, -0.2) is 17.6 Å². The van der Waals surface area contributed by atoms with Crippen molar-refractivity contribution in [1.82, 2.24) is 5.16 Å².